The number of anilines is 1. The van der Waals surface area contributed by atoms with Gasteiger partial charge in [-0.2, -0.15) is 0 Å². The van der Waals surface area contributed by atoms with E-state index in [0.29, 0.717) is 51.0 Å². The van der Waals surface area contributed by atoms with Gasteiger partial charge in [0.2, 0.25) is 5.91 Å². The third-order valence-electron chi connectivity index (χ3n) is 10.9. The molecule has 9 aromatic rings. The number of benzene rings is 6. The van der Waals surface area contributed by atoms with Crippen molar-refractivity contribution in [2.75, 3.05) is 31.7 Å². The highest BCUT2D eigenvalue weighted by Gasteiger charge is 2.18. The number of carbonyl (C=O) groups is 3. The molecule has 3 aromatic heterocycles. The Hall–Kier alpha value is -9.22. The molecule has 2 atom stereocenters. The summed E-state index contributed by atoms with van der Waals surface area (Å²) in [7, 11) is 0. The normalized spacial score (nSPS) is 11.5. The molecule has 0 radical (unpaired) electrons. The Morgan fingerprint density at radius 1 is 0.667 bits per heavy atom. The van der Waals surface area contributed by atoms with Crippen LogP contribution in [-0.2, 0) is 28.7 Å². The summed E-state index contributed by atoms with van der Waals surface area (Å²) < 4.78 is 15.5. The number of aromatic hydroxyl groups is 3. The Balaban J connectivity index is 0.000000188. The average molecular weight is 1090 g/mol. The fourth-order valence-electron chi connectivity index (χ4n) is 7.11. The highest BCUT2D eigenvalue weighted by atomic mass is 35.5. The van der Waals surface area contributed by atoms with Crippen LogP contribution in [0, 0.1) is 6.92 Å². The molecular weight excluding hydrogens is 1030 g/mol. The number of esters is 2. The first-order chi connectivity index (χ1) is 37.5. The largest absolute Gasteiger partial charge is 0.506 e. The summed E-state index contributed by atoms with van der Waals surface area (Å²) in [6.45, 7) is 16.1. The number of ether oxygens (including phenoxy) is 3. The number of aryl methyl sites for hydroxylation is 1. The van der Waals surface area contributed by atoms with Gasteiger partial charge < -0.3 is 40.0 Å². The summed E-state index contributed by atoms with van der Waals surface area (Å²) in [5.41, 5.74) is 7.76. The Labute approximate surface area is 451 Å². The van der Waals surface area contributed by atoms with Gasteiger partial charge in [0.1, 0.15) is 86.7 Å². The predicted molar refractivity (Wildman–Crippen MR) is 291 cm³/mol. The van der Waals surface area contributed by atoms with Crippen molar-refractivity contribution in [3.05, 3.63) is 157 Å². The number of phenols is 3. The molecule has 0 aliphatic heterocycles. The van der Waals surface area contributed by atoms with Gasteiger partial charge in [0.25, 0.3) is 0 Å². The van der Waals surface area contributed by atoms with Crippen LogP contribution in [-0.4, -0.2) is 121 Å². The van der Waals surface area contributed by atoms with E-state index in [9.17, 15) is 34.8 Å². The molecule has 6 aromatic carbocycles. The van der Waals surface area contributed by atoms with Crippen LogP contribution in [0.4, 0.5) is 5.69 Å². The minimum absolute atomic E-state index is 0.0473. The second kappa shape index (κ2) is 27.5. The van der Waals surface area contributed by atoms with Crippen LogP contribution in [0.1, 0.15) is 50.7 Å². The number of nitrogens with one attached hydrogen (secondary N) is 1. The standard InChI is InChI=1S/C19H18ClN3O5.C19H21N3O5.C15H14N4O2.C2H4/c1-11(2)19(26)28-10-13(24)9-27-14-4-6-17(18(25)8-14)23-21-15-5-3-12(20)7-16(15)22-23;1-13(12-26-19(24)7-4-10-27-25)14-8-9-17(18(23)11-14)22-20-15-5-2-3-6-16(15)21-22;1-9-7-13(16-10(2)20)15(21)14(8-9)19-17-11-5-3-4-6-12(11)18-19;1-2/h3-8,13,24-25H,1,9-10H2,2H3;2-3,5-6,8-9,11,13,23,25H,4,7,10,12H2,1H3;3-8,21H,1-2H3,(H,16,20);1-2H2. The number of hydrogen-bond acceptors (Lipinski definition) is 18. The molecule has 1 amide bonds. The van der Waals surface area contributed by atoms with E-state index < -0.39 is 12.1 Å². The van der Waals surface area contributed by atoms with E-state index in [4.69, 9.17) is 31.1 Å². The van der Waals surface area contributed by atoms with E-state index in [0.717, 1.165) is 33.2 Å². The first-order valence-electron chi connectivity index (χ1n) is 24.0. The summed E-state index contributed by atoms with van der Waals surface area (Å²) in [5.74, 6) is -1.07. The number of halogens is 1. The summed E-state index contributed by atoms with van der Waals surface area (Å²) in [6.07, 6.45) is -0.451. The SMILES string of the molecule is C=C.C=C(C)C(=O)OCC(O)COc1ccc(-n2nc3ccc(Cl)cc3n2)c(O)c1.CC(=O)Nc1cc(C)cc(-n2nc3ccccc3n2)c1O.CC(COC(=O)CCCOO)c1ccc(-n2nc3ccccc3n2)c(O)c1. The van der Waals surface area contributed by atoms with Crippen LogP contribution in [0.5, 0.6) is 23.0 Å². The molecule has 0 fully saturated rings. The first kappa shape index (κ1) is 58.0. The van der Waals surface area contributed by atoms with Gasteiger partial charge in [-0.05, 0) is 110 Å². The van der Waals surface area contributed by atoms with Gasteiger partial charge in [-0.25, -0.2) is 9.68 Å². The van der Waals surface area contributed by atoms with Crippen molar-refractivity contribution in [2.45, 2.75) is 52.6 Å². The van der Waals surface area contributed by atoms with Crippen molar-refractivity contribution >= 4 is 68.2 Å². The van der Waals surface area contributed by atoms with Crippen molar-refractivity contribution < 1.29 is 59.2 Å². The fourth-order valence-corrected chi connectivity index (χ4v) is 7.28. The molecule has 3 heterocycles. The highest BCUT2D eigenvalue weighted by Crippen LogP contribution is 2.33. The molecule has 23 heteroatoms. The maximum atomic E-state index is 11.6. The maximum Gasteiger partial charge on any atom is 0.333 e. The van der Waals surface area contributed by atoms with Crippen LogP contribution in [0.3, 0.4) is 0 Å². The van der Waals surface area contributed by atoms with E-state index in [1.807, 2.05) is 68.4 Å². The van der Waals surface area contributed by atoms with Gasteiger partial charge in [0.05, 0.1) is 18.9 Å². The van der Waals surface area contributed by atoms with Gasteiger partial charge in [-0.3, -0.25) is 14.8 Å². The van der Waals surface area contributed by atoms with Crippen molar-refractivity contribution in [3.63, 3.8) is 0 Å². The zero-order valence-corrected chi connectivity index (χ0v) is 43.7. The lowest BCUT2D eigenvalue weighted by Crippen LogP contribution is -2.25. The number of rotatable bonds is 17. The number of aliphatic hydroxyl groups is 1. The number of phenolic OH excluding ortho intramolecular Hbond substituents is 3. The summed E-state index contributed by atoms with van der Waals surface area (Å²) >= 11 is 5.95. The molecule has 2 unspecified atom stereocenters. The van der Waals surface area contributed by atoms with Crippen LogP contribution in [0.25, 0.3) is 50.2 Å². The lowest BCUT2D eigenvalue weighted by molar-refractivity contribution is -0.242. The monoisotopic (exact) mass is 1080 g/mol. The summed E-state index contributed by atoms with van der Waals surface area (Å²) in [5, 5.41) is 78.2. The van der Waals surface area contributed by atoms with Gasteiger partial charge >= 0.3 is 11.9 Å². The maximum absolute atomic E-state index is 11.6. The number of carbonyl (C=O) groups excluding carboxylic acids is 3. The summed E-state index contributed by atoms with van der Waals surface area (Å²) in [6, 6.07) is 33.3. The number of amides is 1. The van der Waals surface area contributed by atoms with Crippen LogP contribution >= 0.6 is 11.6 Å². The predicted octanol–water partition coefficient (Wildman–Crippen LogP) is 8.88. The minimum Gasteiger partial charge on any atom is -0.506 e. The molecule has 406 valence electrons. The molecule has 6 N–H and O–H groups in total. The van der Waals surface area contributed by atoms with Crippen LogP contribution in [0.15, 0.2) is 141 Å². The number of nitrogens with zero attached hydrogens (tertiary/aromatic N) is 9. The van der Waals surface area contributed by atoms with Crippen molar-refractivity contribution in [2.24, 2.45) is 0 Å². The molecule has 0 aliphatic rings. The molecule has 22 nitrogen and oxygen atoms in total. The molecule has 0 saturated heterocycles. The van der Waals surface area contributed by atoms with E-state index in [2.05, 4.69) is 60.5 Å². The van der Waals surface area contributed by atoms with Crippen molar-refractivity contribution in [1.29, 1.82) is 0 Å². The third kappa shape index (κ3) is 15.7. The second-order valence-electron chi connectivity index (χ2n) is 17.2. The number of aliphatic hydroxyl groups excluding tert-OH is 1. The number of fused-ring (bicyclic) bond motifs is 3. The summed E-state index contributed by atoms with van der Waals surface area (Å²) in [4.78, 5) is 42.1. The van der Waals surface area contributed by atoms with Gasteiger partial charge in [0.15, 0.2) is 5.75 Å². The van der Waals surface area contributed by atoms with Crippen molar-refractivity contribution in [3.8, 4) is 40.1 Å². The highest BCUT2D eigenvalue weighted by molar-refractivity contribution is 6.31. The Morgan fingerprint density at radius 2 is 1.21 bits per heavy atom. The molecule has 0 saturated carbocycles. The molecule has 0 aliphatic carbocycles. The van der Waals surface area contributed by atoms with E-state index in [1.54, 1.807) is 54.6 Å². The van der Waals surface area contributed by atoms with E-state index >= 15 is 0 Å². The first-order valence-corrected chi connectivity index (χ1v) is 24.3. The molecule has 0 spiro atoms. The molecular formula is C55H57ClN10O12. The topological polar surface area (TPSA) is 293 Å². The molecule has 0 bridgehead atoms. The Morgan fingerprint density at radius 3 is 1.74 bits per heavy atom. The van der Waals surface area contributed by atoms with Crippen molar-refractivity contribution in [1.82, 2.24) is 45.0 Å². The smallest absolute Gasteiger partial charge is 0.333 e. The van der Waals surface area contributed by atoms with Gasteiger partial charge in [-0.15, -0.1) is 58.1 Å². The quantitative estimate of drug-likeness (QED) is 0.00943. The van der Waals surface area contributed by atoms with Gasteiger partial charge in [-0.1, -0.05) is 55.4 Å². The van der Waals surface area contributed by atoms with E-state index in [1.165, 1.54) is 34.3 Å². The Bertz CT molecular complexity index is 3480. The lowest BCUT2D eigenvalue weighted by Gasteiger charge is -2.14. The Kier molecular flexibility index (Phi) is 20.5. The zero-order valence-electron chi connectivity index (χ0n) is 43.0. The second-order valence-corrected chi connectivity index (χ2v) is 17.6. The van der Waals surface area contributed by atoms with Crippen LogP contribution < -0.4 is 10.1 Å². The zero-order chi connectivity index (χ0) is 56.5. The molecule has 78 heavy (non-hydrogen) atoms. The number of hydrogen-bond donors (Lipinski definition) is 6. The minimum atomic E-state index is -1.02. The number of aromatic nitrogens is 9. The fraction of sp³-hybridized carbons (Fsp3) is 0.218. The third-order valence-corrected chi connectivity index (χ3v) is 11.2. The van der Waals surface area contributed by atoms with E-state index in [-0.39, 0.29) is 73.5 Å². The average Bonchev–Trinajstić information content (AvgIpc) is 4.24. The van der Waals surface area contributed by atoms with Gasteiger partial charge in [0, 0.05) is 35.9 Å². The van der Waals surface area contributed by atoms with Crippen LogP contribution in [0.2, 0.25) is 5.02 Å². The lowest BCUT2D eigenvalue weighted by atomic mass is 10.0. The molecule has 9 rings (SSSR count).